The number of aryl methyl sites for hydroxylation is 2. The molecule has 1 amide bonds. The molecule has 2 aromatic rings. The summed E-state index contributed by atoms with van der Waals surface area (Å²) < 4.78 is 5.80. The van der Waals surface area contributed by atoms with E-state index in [-0.39, 0.29) is 5.91 Å². The maximum absolute atomic E-state index is 12.3. The third kappa shape index (κ3) is 6.83. The molecule has 1 atom stereocenters. The fourth-order valence-electron chi connectivity index (χ4n) is 2.46. The van der Waals surface area contributed by atoms with Crippen molar-refractivity contribution in [2.75, 3.05) is 12.3 Å². The minimum Gasteiger partial charge on any atom is -0.481 e. The number of rotatable bonds is 9. The lowest BCUT2D eigenvalue weighted by molar-refractivity contribution is -0.127. The Labute approximate surface area is 155 Å². The van der Waals surface area contributed by atoms with Gasteiger partial charge in [-0.2, -0.15) is 11.8 Å². The average molecular weight is 358 g/mol. The van der Waals surface area contributed by atoms with Crippen LogP contribution in [0.5, 0.6) is 5.75 Å². The number of amides is 1. The van der Waals surface area contributed by atoms with Gasteiger partial charge in [0.05, 0.1) is 0 Å². The van der Waals surface area contributed by atoms with Crippen LogP contribution in [-0.4, -0.2) is 24.3 Å². The fourth-order valence-corrected chi connectivity index (χ4v) is 3.26. The van der Waals surface area contributed by atoms with Crippen LogP contribution >= 0.6 is 11.8 Å². The molecule has 25 heavy (non-hydrogen) atoms. The van der Waals surface area contributed by atoms with Gasteiger partial charge in [0.1, 0.15) is 5.75 Å². The summed E-state index contributed by atoms with van der Waals surface area (Å²) in [5.74, 6) is 2.55. The molecule has 0 saturated carbocycles. The van der Waals surface area contributed by atoms with Gasteiger partial charge in [0.25, 0.3) is 5.91 Å². The van der Waals surface area contributed by atoms with Crippen molar-refractivity contribution < 1.29 is 9.53 Å². The van der Waals surface area contributed by atoms with E-state index in [1.165, 1.54) is 16.7 Å². The van der Waals surface area contributed by atoms with Crippen LogP contribution in [0.25, 0.3) is 0 Å². The normalized spacial score (nSPS) is 11.8. The van der Waals surface area contributed by atoms with Crippen molar-refractivity contribution in [3.05, 3.63) is 65.2 Å². The SMILES string of the molecule is CC[C@@H](Oc1ccc(C)cc1)C(=O)NCCSCc1cccc(C)c1. The first kappa shape index (κ1) is 19.4. The summed E-state index contributed by atoms with van der Waals surface area (Å²) in [6.45, 7) is 6.75. The summed E-state index contributed by atoms with van der Waals surface area (Å²) >= 11 is 1.83. The lowest BCUT2D eigenvalue weighted by Gasteiger charge is -2.17. The molecule has 1 N–H and O–H groups in total. The van der Waals surface area contributed by atoms with E-state index < -0.39 is 6.10 Å². The number of carbonyl (C=O) groups excluding carboxylic acids is 1. The van der Waals surface area contributed by atoms with Gasteiger partial charge in [-0.25, -0.2) is 0 Å². The van der Waals surface area contributed by atoms with Crippen LogP contribution in [0.15, 0.2) is 48.5 Å². The highest BCUT2D eigenvalue weighted by Gasteiger charge is 2.17. The molecule has 2 aromatic carbocycles. The first-order valence-corrected chi connectivity index (χ1v) is 9.88. The Kier molecular flexibility index (Phi) is 7.86. The van der Waals surface area contributed by atoms with Gasteiger partial charge in [0.2, 0.25) is 0 Å². The van der Waals surface area contributed by atoms with Gasteiger partial charge < -0.3 is 10.1 Å². The van der Waals surface area contributed by atoms with Gasteiger partial charge in [-0.15, -0.1) is 0 Å². The molecule has 134 valence electrons. The number of benzene rings is 2. The van der Waals surface area contributed by atoms with E-state index in [4.69, 9.17) is 4.74 Å². The van der Waals surface area contributed by atoms with Crippen LogP contribution in [0.2, 0.25) is 0 Å². The van der Waals surface area contributed by atoms with E-state index in [1.807, 2.05) is 49.9 Å². The van der Waals surface area contributed by atoms with E-state index >= 15 is 0 Å². The maximum atomic E-state index is 12.3. The van der Waals surface area contributed by atoms with Gasteiger partial charge in [0.15, 0.2) is 6.10 Å². The summed E-state index contributed by atoms with van der Waals surface area (Å²) in [6.07, 6.45) is 0.209. The molecular weight excluding hydrogens is 330 g/mol. The molecule has 0 aliphatic carbocycles. The molecule has 0 aromatic heterocycles. The predicted molar refractivity (Wildman–Crippen MR) is 106 cm³/mol. The smallest absolute Gasteiger partial charge is 0.261 e. The third-order valence-corrected chi connectivity index (χ3v) is 4.89. The van der Waals surface area contributed by atoms with Crippen LogP contribution in [0.1, 0.15) is 30.0 Å². The number of thioether (sulfide) groups is 1. The Morgan fingerprint density at radius 3 is 2.56 bits per heavy atom. The van der Waals surface area contributed by atoms with E-state index in [0.29, 0.717) is 13.0 Å². The Morgan fingerprint density at radius 2 is 1.88 bits per heavy atom. The molecule has 4 heteroatoms. The van der Waals surface area contributed by atoms with Gasteiger partial charge in [-0.05, 0) is 38.0 Å². The summed E-state index contributed by atoms with van der Waals surface area (Å²) in [4.78, 5) is 12.3. The van der Waals surface area contributed by atoms with Gasteiger partial charge in [-0.1, -0.05) is 54.4 Å². The molecule has 2 rings (SSSR count). The topological polar surface area (TPSA) is 38.3 Å². The third-order valence-electron chi connectivity index (χ3n) is 3.86. The highest BCUT2D eigenvalue weighted by atomic mass is 32.2. The predicted octanol–water partition coefficient (Wildman–Crippen LogP) is 4.51. The first-order chi connectivity index (χ1) is 12.1. The molecule has 0 unspecified atom stereocenters. The molecule has 0 fully saturated rings. The Hall–Kier alpha value is -1.94. The zero-order valence-electron chi connectivity index (χ0n) is 15.2. The molecule has 0 bridgehead atoms. The van der Waals surface area contributed by atoms with E-state index in [2.05, 4.69) is 36.5 Å². The molecule has 0 heterocycles. The monoisotopic (exact) mass is 357 g/mol. The molecule has 0 saturated heterocycles. The molecular formula is C21H27NO2S. The van der Waals surface area contributed by atoms with E-state index in [9.17, 15) is 4.79 Å². The average Bonchev–Trinajstić information content (AvgIpc) is 2.61. The van der Waals surface area contributed by atoms with Crippen LogP contribution in [0, 0.1) is 13.8 Å². The van der Waals surface area contributed by atoms with Crippen molar-refractivity contribution in [2.24, 2.45) is 0 Å². The summed E-state index contributed by atoms with van der Waals surface area (Å²) in [7, 11) is 0. The highest BCUT2D eigenvalue weighted by molar-refractivity contribution is 7.98. The van der Waals surface area contributed by atoms with Crippen molar-refractivity contribution >= 4 is 17.7 Å². The lowest BCUT2D eigenvalue weighted by atomic mass is 10.2. The second-order valence-electron chi connectivity index (χ2n) is 6.16. The van der Waals surface area contributed by atoms with Crippen LogP contribution < -0.4 is 10.1 Å². The van der Waals surface area contributed by atoms with Crippen LogP contribution in [0.3, 0.4) is 0 Å². The molecule has 3 nitrogen and oxygen atoms in total. The van der Waals surface area contributed by atoms with Gasteiger partial charge in [-0.3, -0.25) is 4.79 Å². The standard InChI is InChI=1S/C21H27NO2S/c1-4-20(24-19-10-8-16(2)9-11-19)21(23)22-12-13-25-15-18-7-5-6-17(3)14-18/h5-11,14,20H,4,12-13,15H2,1-3H3,(H,22,23)/t20-/m1/s1. The quantitative estimate of drug-likeness (QED) is 0.671. The summed E-state index contributed by atoms with van der Waals surface area (Å²) in [5.41, 5.74) is 3.78. The highest BCUT2D eigenvalue weighted by Crippen LogP contribution is 2.15. The second kappa shape index (κ2) is 10.1. The number of ether oxygens (including phenoxy) is 1. The zero-order valence-corrected chi connectivity index (χ0v) is 16.1. The number of hydrogen-bond acceptors (Lipinski definition) is 3. The van der Waals surface area contributed by atoms with E-state index in [0.717, 1.165) is 17.3 Å². The van der Waals surface area contributed by atoms with Crippen molar-refractivity contribution in [1.29, 1.82) is 0 Å². The van der Waals surface area contributed by atoms with Crippen molar-refractivity contribution in [3.63, 3.8) is 0 Å². The van der Waals surface area contributed by atoms with E-state index in [1.54, 1.807) is 0 Å². The van der Waals surface area contributed by atoms with Crippen LogP contribution in [0.4, 0.5) is 0 Å². The summed E-state index contributed by atoms with van der Waals surface area (Å²) in [6, 6.07) is 16.3. The lowest BCUT2D eigenvalue weighted by Crippen LogP contribution is -2.39. The van der Waals surface area contributed by atoms with Crippen molar-refractivity contribution in [3.8, 4) is 5.75 Å². The molecule has 0 radical (unpaired) electrons. The largest absolute Gasteiger partial charge is 0.481 e. The minimum atomic E-state index is -0.440. The number of nitrogens with one attached hydrogen (secondary N) is 1. The maximum Gasteiger partial charge on any atom is 0.261 e. The summed E-state index contributed by atoms with van der Waals surface area (Å²) in [5, 5.41) is 2.98. The fraction of sp³-hybridized carbons (Fsp3) is 0.381. The second-order valence-corrected chi connectivity index (χ2v) is 7.27. The van der Waals surface area contributed by atoms with Crippen LogP contribution in [-0.2, 0) is 10.5 Å². The minimum absolute atomic E-state index is 0.0424. The van der Waals surface area contributed by atoms with Gasteiger partial charge >= 0.3 is 0 Å². The molecule has 0 spiro atoms. The Bertz CT molecular complexity index is 670. The van der Waals surface area contributed by atoms with Crippen molar-refractivity contribution in [2.45, 2.75) is 39.0 Å². The number of carbonyl (C=O) groups is 1. The molecule has 0 aliphatic heterocycles. The first-order valence-electron chi connectivity index (χ1n) is 8.73. The van der Waals surface area contributed by atoms with Gasteiger partial charge in [0, 0.05) is 18.1 Å². The zero-order chi connectivity index (χ0) is 18.1. The molecule has 0 aliphatic rings. The Morgan fingerprint density at radius 1 is 1.12 bits per heavy atom. The number of hydrogen-bond donors (Lipinski definition) is 1. The Balaban J connectivity index is 1.69. The van der Waals surface area contributed by atoms with Crippen molar-refractivity contribution in [1.82, 2.24) is 5.32 Å².